The van der Waals surface area contributed by atoms with E-state index in [4.69, 9.17) is 5.73 Å². The van der Waals surface area contributed by atoms with Crippen molar-refractivity contribution in [3.8, 4) is 0 Å². The maximum absolute atomic E-state index is 12.4. The van der Waals surface area contributed by atoms with E-state index < -0.39 is 11.7 Å². The molecular weight excluding hydrogens is 330 g/mol. The lowest BCUT2D eigenvalue weighted by Gasteiger charge is -2.30. The number of amides is 1. The molecule has 1 saturated heterocycles. The molecule has 1 unspecified atom stereocenters. The van der Waals surface area contributed by atoms with Crippen molar-refractivity contribution in [1.82, 2.24) is 9.88 Å². The molecule has 1 aliphatic rings. The Morgan fingerprint density at radius 1 is 1.33 bits per heavy atom. The molecule has 0 radical (unpaired) electrons. The summed E-state index contributed by atoms with van der Waals surface area (Å²) in [5.41, 5.74) is 4.91. The van der Waals surface area contributed by atoms with E-state index in [1.807, 2.05) is 0 Å². The highest BCUT2D eigenvalue weighted by atomic mass is 35.5. The first kappa shape index (κ1) is 19.9. The highest BCUT2D eigenvalue weighted by Crippen LogP contribution is 2.28. The minimum Gasteiger partial charge on any atom is -0.336 e. The monoisotopic (exact) mass is 345 g/mol. The number of carbonyl (C=O) groups is 1. The van der Waals surface area contributed by atoms with Gasteiger partial charge in [0.25, 0.3) is 5.91 Å². The summed E-state index contributed by atoms with van der Waals surface area (Å²) in [7, 11) is 0. The van der Waals surface area contributed by atoms with E-state index in [1.165, 1.54) is 4.90 Å². The third-order valence-electron chi connectivity index (χ3n) is 3.05. The predicted octanol–water partition coefficient (Wildman–Crippen LogP) is 2.51. The maximum atomic E-state index is 12.4. The molecule has 0 bridgehead atoms. The van der Waals surface area contributed by atoms with E-state index >= 15 is 0 Å². The van der Waals surface area contributed by atoms with Crippen molar-refractivity contribution in [3.05, 3.63) is 29.6 Å². The molecule has 1 amide bonds. The number of piperidine rings is 1. The number of hydrogen-bond acceptors (Lipinski definition) is 3. The van der Waals surface area contributed by atoms with E-state index in [0.29, 0.717) is 19.3 Å². The van der Waals surface area contributed by atoms with Gasteiger partial charge in [0.05, 0.1) is 5.56 Å². The van der Waals surface area contributed by atoms with Crippen LogP contribution in [-0.4, -0.2) is 34.9 Å². The zero-order valence-electron chi connectivity index (χ0n) is 11.0. The Morgan fingerprint density at radius 2 is 2.00 bits per heavy atom. The van der Waals surface area contributed by atoms with Gasteiger partial charge in [0.2, 0.25) is 0 Å². The lowest BCUT2D eigenvalue weighted by atomic mass is 10.1. The largest absolute Gasteiger partial charge is 0.417 e. The first-order valence-electron chi connectivity index (χ1n) is 5.96. The average Bonchev–Trinajstić information content (AvgIpc) is 2.37. The first-order valence-corrected chi connectivity index (χ1v) is 5.96. The van der Waals surface area contributed by atoms with Crippen LogP contribution in [0.4, 0.5) is 13.2 Å². The third kappa shape index (κ3) is 5.01. The number of alkyl halides is 3. The summed E-state index contributed by atoms with van der Waals surface area (Å²) < 4.78 is 37.1. The molecule has 1 atom stereocenters. The van der Waals surface area contributed by atoms with Gasteiger partial charge in [-0.1, -0.05) is 0 Å². The molecule has 0 spiro atoms. The van der Waals surface area contributed by atoms with Gasteiger partial charge < -0.3 is 10.6 Å². The molecule has 120 valence electrons. The second-order valence-electron chi connectivity index (χ2n) is 4.58. The molecule has 0 aromatic carbocycles. The van der Waals surface area contributed by atoms with Crippen molar-refractivity contribution in [2.75, 3.05) is 13.1 Å². The fourth-order valence-corrected chi connectivity index (χ4v) is 2.04. The van der Waals surface area contributed by atoms with Crippen LogP contribution in [-0.2, 0) is 6.18 Å². The lowest BCUT2D eigenvalue weighted by Crippen LogP contribution is -2.45. The molecular formula is C12H16Cl2F3N3O. The van der Waals surface area contributed by atoms with Crippen LogP contribution in [0.5, 0.6) is 0 Å². The van der Waals surface area contributed by atoms with Gasteiger partial charge >= 0.3 is 6.18 Å². The molecule has 9 heteroatoms. The lowest BCUT2D eigenvalue weighted by molar-refractivity contribution is -0.137. The Balaban J connectivity index is 0.00000200. The van der Waals surface area contributed by atoms with Crippen LogP contribution in [0.1, 0.15) is 28.9 Å². The number of aromatic nitrogens is 1. The number of nitrogens with two attached hydrogens (primary N) is 1. The summed E-state index contributed by atoms with van der Waals surface area (Å²) in [6.45, 7) is 0.983. The number of nitrogens with zero attached hydrogens (tertiary/aromatic N) is 2. The summed E-state index contributed by atoms with van der Waals surface area (Å²) in [6.07, 6.45) is -2.11. The van der Waals surface area contributed by atoms with Crippen molar-refractivity contribution in [2.24, 2.45) is 5.73 Å². The second kappa shape index (κ2) is 7.82. The van der Waals surface area contributed by atoms with Gasteiger partial charge in [0, 0.05) is 25.3 Å². The van der Waals surface area contributed by atoms with Crippen LogP contribution in [0.15, 0.2) is 18.3 Å². The molecule has 2 rings (SSSR count). The van der Waals surface area contributed by atoms with Gasteiger partial charge in [0.1, 0.15) is 5.69 Å². The van der Waals surface area contributed by atoms with E-state index in [1.54, 1.807) is 0 Å². The predicted molar refractivity (Wildman–Crippen MR) is 76.8 cm³/mol. The first-order chi connectivity index (χ1) is 8.88. The quantitative estimate of drug-likeness (QED) is 0.850. The van der Waals surface area contributed by atoms with Gasteiger partial charge in [-0.15, -0.1) is 24.8 Å². The summed E-state index contributed by atoms with van der Waals surface area (Å²) in [5, 5.41) is 0. The Bertz CT molecular complexity index is 468. The number of likely N-dealkylation sites (tertiary alicyclic amines) is 1. The van der Waals surface area contributed by atoms with Crippen LogP contribution < -0.4 is 5.73 Å². The Morgan fingerprint density at radius 3 is 2.48 bits per heavy atom. The summed E-state index contributed by atoms with van der Waals surface area (Å²) in [4.78, 5) is 17.2. The summed E-state index contributed by atoms with van der Waals surface area (Å²) >= 11 is 0. The fraction of sp³-hybridized carbons (Fsp3) is 0.500. The number of carbonyl (C=O) groups excluding carboxylic acids is 1. The third-order valence-corrected chi connectivity index (χ3v) is 3.05. The Kier molecular flexibility index (Phi) is 7.43. The molecule has 1 aliphatic heterocycles. The van der Waals surface area contributed by atoms with Crippen molar-refractivity contribution >= 4 is 30.7 Å². The smallest absolute Gasteiger partial charge is 0.336 e. The van der Waals surface area contributed by atoms with E-state index in [-0.39, 0.29) is 42.5 Å². The molecule has 2 heterocycles. The maximum Gasteiger partial charge on any atom is 0.417 e. The second-order valence-corrected chi connectivity index (χ2v) is 4.58. The number of rotatable bonds is 1. The SMILES string of the molecule is Cl.Cl.NC1CCCN(C(=O)c2ccc(C(F)(F)F)cn2)C1. The van der Waals surface area contributed by atoms with Crippen LogP contribution in [0.25, 0.3) is 0 Å². The van der Waals surface area contributed by atoms with Crippen LogP contribution in [0.3, 0.4) is 0 Å². The Hall–Kier alpha value is -1.05. The molecule has 1 aromatic heterocycles. The Labute approximate surface area is 132 Å². The molecule has 4 nitrogen and oxygen atoms in total. The number of hydrogen-bond donors (Lipinski definition) is 1. The molecule has 2 N–H and O–H groups in total. The van der Waals surface area contributed by atoms with Crippen molar-refractivity contribution < 1.29 is 18.0 Å². The molecule has 0 saturated carbocycles. The zero-order valence-corrected chi connectivity index (χ0v) is 12.6. The fourth-order valence-electron chi connectivity index (χ4n) is 2.04. The van der Waals surface area contributed by atoms with Crippen LogP contribution in [0, 0.1) is 0 Å². The van der Waals surface area contributed by atoms with Crippen LogP contribution >= 0.6 is 24.8 Å². The van der Waals surface area contributed by atoms with Crippen LogP contribution in [0.2, 0.25) is 0 Å². The minimum atomic E-state index is -4.44. The molecule has 0 aliphatic carbocycles. The molecule has 1 fully saturated rings. The highest BCUT2D eigenvalue weighted by molar-refractivity contribution is 5.92. The van der Waals surface area contributed by atoms with Gasteiger partial charge in [0.15, 0.2) is 0 Å². The average molecular weight is 346 g/mol. The normalized spacial score (nSPS) is 18.5. The standard InChI is InChI=1S/C12H14F3N3O.2ClH/c13-12(14,15)8-3-4-10(17-6-8)11(19)18-5-1-2-9(16)7-18;;/h3-4,6,9H,1-2,5,7,16H2;2*1H. The van der Waals surface area contributed by atoms with E-state index in [2.05, 4.69) is 4.98 Å². The van der Waals surface area contributed by atoms with Crippen molar-refractivity contribution in [3.63, 3.8) is 0 Å². The van der Waals surface area contributed by atoms with E-state index in [9.17, 15) is 18.0 Å². The van der Waals surface area contributed by atoms with E-state index in [0.717, 1.165) is 25.0 Å². The zero-order chi connectivity index (χ0) is 14.0. The molecule has 1 aromatic rings. The minimum absolute atomic E-state index is 0. The van der Waals surface area contributed by atoms with Gasteiger partial charge in [-0.3, -0.25) is 9.78 Å². The number of halogens is 5. The van der Waals surface area contributed by atoms with Crippen molar-refractivity contribution in [1.29, 1.82) is 0 Å². The molecule has 21 heavy (non-hydrogen) atoms. The topological polar surface area (TPSA) is 59.2 Å². The number of pyridine rings is 1. The summed E-state index contributed by atoms with van der Waals surface area (Å²) in [6, 6.07) is 1.89. The van der Waals surface area contributed by atoms with Gasteiger partial charge in [-0.05, 0) is 25.0 Å². The highest BCUT2D eigenvalue weighted by Gasteiger charge is 2.31. The van der Waals surface area contributed by atoms with Crippen molar-refractivity contribution in [2.45, 2.75) is 25.1 Å². The summed E-state index contributed by atoms with van der Waals surface area (Å²) in [5.74, 6) is -0.371. The van der Waals surface area contributed by atoms with Gasteiger partial charge in [-0.2, -0.15) is 13.2 Å². The van der Waals surface area contributed by atoms with Gasteiger partial charge in [-0.25, -0.2) is 0 Å².